The van der Waals surface area contributed by atoms with E-state index in [1.807, 2.05) is 13.0 Å². The maximum Gasteiger partial charge on any atom is 0.144 e. The number of aliphatic imine (C=N–C) groups is 1. The quantitative estimate of drug-likeness (QED) is 0.305. The summed E-state index contributed by atoms with van der Waals surface area (Å²) in [5.74, 6) is 0.988. The Morgan fingerprint density at radius 3 is 2.55 bits per heavy atom. The van der Waals surface area contributed by atoms with E-state index in [0.29, 0.717) is 0 Å². The van der Waals surface area contributed by atoms with E-state index in [1.54, 1.807) is 7.05 Å². The number of fused-ring (bicyclic) bond motifs is 8. The van der Waals surface area contributed by atoms with Crippen molar-refractivity contribution in [3.8, 4) is 0 Å². The Morgan fingerprint density at radius 1 is 0.966 bits per heavy atom. The molecule has 0 amide bonds. The lowest BCUT2D eigenvalue weighted by molar-refractivity contribution is 0.578. The largest absolute Gasteiger partial charge is 0.460 e. The van der Waals surface area contributed by atoms with Gasteiger partial charge in [-0.05, 0) is 49.8 Å². The number of aromatic nitrogens is 1. The van der Waals surface area contributed by atoms with Crippen LogP contribution in [0.2, 0.25) is 0 Å². The highest BCUT2D eigenvalue weighted by Gasteiger charge is 2.21. The highest BCUT2D eigenvalue weighted by Crippen LogP contribution is 2.43. The highest BCUT2D eigenvalue weighted by molar-refractivity contribution is 6.28. The Hall–Kier alpha value is -3.59. The summed E-state index contributed by atoms with van der Waals surface area (Å²) in [6.07, 6.45) is 1.81. The molecule has 0 spiro atoms. The lowest BCUT2D eigenvalue weighted by atomic mass is 10.0. The van der Waals surface area contributed by atoms with Crippen LogP contribution in [0.5, 0.6) is 0 Å². The van der Waals surface area contributed by atoms with Crippen LogP contribution in [0.15, 0.2) is 70.6 Å². The Kier molecular flexibility index (Phi) is 3.09. The molecule has 29 heavy (non-hydrogen) atoms. The summed E-state index contributed by atoms with van der Waals surface area (Å²) in [5, 5.41) is 6.13. The fraction of sp³-hybridized carbons (Fsp3) is 0.115. The molecule has 3 nitrogen and oxygen atoms in total. The minimum absolute atomic E-state index is 0.907. The van der Waals surface area contributed by atoms with E-state index >= 15 is 0 Å². The van der Waals surface area contributed by atoms with Gasteiger partial charge in [0.1, 0.15) is 11.3 Å². The second-order valence-corrected chi connectivity index (χ2v) is 7.70. The average molecular weight is 376 g/mol. The number of para-hydroxylation sites is 1. The van der Waals surface area contributed by atoms with Crippen LogP contribution in [-0.4, -0.2) is 17.2 Å². The third-order valence-corrected chi connectivity index (χ3v) is 6.35. The standard InChI is InChI=1S/C26H20N2O/c1-5-21(27-4)16-9-11-22-20(13-16)18-7-6-8-19-24-23(28(22)25(18)19)12-10-17-14(2)15(3)29-26(17)24/h5-13H,1H2,2-4H3. The second-order valence-electron chi connectivity index (χ2n) is 7.70. The number of aryl methyl sites for hydroxylation is 2. The molecule has 0 aliphatic heterocycles. The second kappa shape index (κ2) is 5.48. The molecule has 3 heterocycles. The zero-order valence-corrected chi connectivity index (χ0v) is 16.7. The number of hydrogen-bond donors (Lipinski definition) is 0. The van der Waals surface area contributed by atoms with Crippen LogP contribution >= 0.6 is 0 Å². The molecule has 6 rings (SSSR count). The number of rotatable bonds is 2. The van der Waals surface area contributed by atoms with E-state index in [-0.39, 0.29) is 0 Å². The van der Waals surface area contributed by atoms with Crippen LogP contribution < -0.4 is 0 Å². The maximum absolute atomic E-state index is 6.22. The number of hydrogen-bond acceptors (Lipinski definition) is 2. The van der Waals surface area contributed by atoms with Crippen LogP contribution in [0.4, 0.5) is 0 Å². The summed E-state index contributed by atoms with van der Waals surface area (Å²) >= 11 is 0. The molecular formula is C26H20N2O. The van der Waals surface area contributed by atoms with Crippen LogP contribution in [0, 0.1) is 13.8 Å². The summed E-state index contributed by atoms with van der Waals surface area (Å²) in [7, 11) is 1.81. The van der Waals surface area contributed by atoms with Gasteiger partial charge >= 0.3 is 0 Å². The molecule has 0 saturated heterocycles. The van der Waals surface area contributed by atoms with Gasteiger partial charge in [-0.15, -0.1) is 0 Å². The lowest BCUT2D eigenvalue weighted by Crippen LogP contribution is -1.95. The van der Waals surface area contributed by atoms with Crippen LogP contribution in [0.1, 0.15) is 16.9 Å². The lowest BCUT2D eigenvalue weighted by Gasteiger charge is -2.03. The summed E-state index contributed by atoms with van der Waals surface area (Å²) in [6, 6.07) is 17.5. The molecule has 0 atom stereocenters. The molecule has 3 aromatic heterocycles. The van der Waals surface area contributed by atoms with Crippen molar-refractivity contribution in [2.24, 2.45) is 4.99 Å². The monoisotopic (exact) mass is 376 g/mol. The van der Waals surface area contributed by atoms with Crippen LogP contribution in [-0.2, 0) is 0 Å². The number of benzene rings is 3. The molecule has 140 valence electrons. The van der Waals surface area contributed by atoms with Crippen molar-refractivity contribution in [3.05, 3.63) is 78.1 Å². The van der Waals surface area contributed by atoms with Gasteiger partial charge in [0.2, 0.25) is 0 Å². The van der Waals surface area contributed by atoms with Gasteiger partial charge in [-0.2, -0.15) is 0 Å². The van der Waals surface area contributed by atoms with Gasteiger partial charge < -0.3 is 8.82 Å². The molecule has 0 bridgehead atoms. The molecule has 0 fully saturated rings. The van der Waals surface area contributed by atoms with Crippen molar-refractivity contribution in [2.45, 2.75) is 13.8 Å². The minimum atomic E-state index is 0.907. The predicted molar refractivity (Wildman–Crippen MR) is 123 cm³/mol. The van der Waals surface area contributed by atoms with Gasteiger partial charge in [-0.1, -0.05) is 30.8 Å². The topological polar surface area (TPSA) is 29.9 Å². The van der Waals surface area contributed by atoms with E-state index < -0.39 is 0 Å². The SMILES string of the molecule is C=CC(=NC)c1ccc2c(c1)c1cccc3c4c5oc(C)c(C)c5ccc4n2c13. The number of furan rings is 1. The van der Waals surface area contributed by atoms with Crippen LogP contribution in [0.3, 0.4) is 0 Å². The van der Waals surface area contributed by atoms with Gasteiger partial charge in [0.25, 0.3) is 0 Å². The third kappa shape index (κ3) is 1.90. The van der Waals surface area contributed by atoms with E-state index in [2.05, 4.69) is 71.4 Å². The molecule has 0 aliphatic carbocycles. The van der Waals surface area contributed by atoms with Crippen molar-refractivity contribution in [2.75, 3.05) is 7.05 Å². The first kappa shape index (κ1) is 16.4. The molecule has 3 aromatic carbocycles. The van der Waals surface area contributed by atoms with Gasteiger partial charge in [-0.25, -0.2) is 0 Å². The Labute approximate surface area is 167 Å². The third-order valence-electron chi connectivity index (χ3n) is 6.35. The summed E-state index contributed by atoms with van der Waals surface area (Å²) < 4.78 is 8.60. The fourth-order valence-corrected chi connectivity index (χ4v) is 4.86. The van der Waals surface area contributed by atoms with Gasteiger partial charge in [0.15, 0.2) is 0 Å². The van der Waals surface area contributed by atoms with Crippen molar-refractivity contribution in [3.63, 3.8) is 0 Å². The van der Waals surface area contributed by atoms with Crippen LogP contribution in [0.25, 0.3) is 49.1 Å². The molecule has 0 unspecified atom stereocenters. The molecule has 0 saturated carbocycles. The Balaban J connectivity index is 1.86. The molecule has 0 aliphatic rings. The van der Waals surface area contributed by atoms with Crippen molar-refractivity contribution in [1.82, 2.24) is 4.40 Å². The molecule has 0 radical (unpaired) electrons. The number of nitrogens with zero attached hydrogens (tertiary/aromatic N) is 2. The average Bonchev–Trinajstić information content (AvgIpc) is 3.35. The predicted octanol–water partition coefficient (Wildman–Crippen LogP) is 6.80. The van der Waals surface area contributed by atoms with Gasteiger partial charge in [0, 0.05) is 34.2 Å². The van der Waals surface area contributed by atoms with Crippen molar-refractivity contribution >= 4 is 54.8 Å². The Morgan fingerprint density at radius 2 is 1.76 bits per heavy atom. The maximum atomic E-state index is 6.22. The van der Waals surface area contributed by atoms with E-state index in [4.69, 9.17) is 4.42 Å². The minimum Gasteiger partial charge on any atom is -0.460 e. The zero-order valence-electron chi connectivity index (χ0n) is 16.7. The normalized spacial score (nSPS) is 13.0. The van der Waals surface area contributed by atoms with Gasteiger partial charge in [0.05, 0.1) is 27.6 Å². The van der Waals surface area contributed by atoms with E-state index in [1.165, 1.54) is 49.0 Å². The zero-order chi connectivity index (χ0) is 19.9. The smallest absolute Gasteiger partial charge is 0.144 e. The Bertz CT molecular complexity index is 1640. The summed E-state index contributed by atoms with van der Waals surface area (Å²) in [4.78, 5) is 4.36. The van der Waals surface area contributed by atoms with Gasteiger partial charge in [-0.3, -0.25) is 4.99 Å². The molecule has 6 aromatic rings. The molecular weight excluding hydrogens is 356 g/mol. The fourth-order valence-electron chi connectivity index (χ4n) is 4.86. The van der Waals surface area contributed by atoms with E-state index in [9.17, 15) is 0 Å². The molecule has 0 N–H and O–H groups in total. The first-order chi connectivity index (χ1) is 14.1. The highest BCUT2D eigenvalue weighted by atomic mass is 16.3. The first-order valence-corrected chi connectivity index (χ1v) is 9.84. The molecule has 3 heteroatoms. The summed E-state index contributed by atoms with van der Waals surface area (Å²) in [6.45, 7) is 8.08. The van der Waals surface area contributed by atoms with E-state index in [0.717, 1.165) is 22.6 Å². The number of allylic oxidation sites excluding steroid dienone is 1. The van der Waals surface area contributed by atoms with Crippen molar-refractivity contribution < 1.29 is 4.42 Å². The van der Waals surface area contributed by atoms with Crippen molar-refractivity contribution in [1.29, 1.82) is 0 Å². The first-order valence-electron chi connectivity index (χ1n) is 9.84. The summed E-state index contributed by atoms with van der Waals surface area (Å²) in [5.41, 5.74) is 7.85.